The van der Waals surface area contributed by atoms with Gasteiger partial charge in [0.05, 0.1) is 10.0 Å². The Hall–Kier alpha value is -1.47. The number of aromatic nitrogens is 2. The zero-order valence-electron chi connectivity index (χ0n) is 14.1. The monoisotopic (exact) mass is 351 g/mol. The Bertz CT molecular complexity index is 618. The summed E-state index contributed by atoms with van der Waals surface area (Å²) in [6.07, 6.45) is 6.19. The van der Waals surface area contributed by atoms with Crippen molar-refractivity contribution < 1.29 is 0 Å². The van der Waals surface area contributed by atoms with E-state index in [1.807, 2.05) is 13.1 Å². The predicted molar refractivity (Wildman–Crippen MR) is 99.7 cm³/mol. The fourth-order valence-corrected chi connectivity index (χ4v) is 3.76. The molecular weight excluding hydrogens is 326 g/mol. The van der Waals surface area contributed by atoms with Crippen LogP contribution in [0.15, 0.2) is 16.6 Å². The van der Waals surface area contributed by atoms with Gasteiger partial charge in [0, 0.05) is 48.7 Å². The molecule has 0 saturated heterocycles. The summed E-state index contributed by atoms with van der Waals surface area (Å²) in [6.45, 7) is 5.91. The maximum Gasteiger partial charge on any atom is 0.190 e. The van der Waals surface area contributed by atoms with Gasteiger partial charge in [-0.15, -0.1) is 22.7 Å². The van der Waals surface area contributed by atoms with E-state index >= 15 is 0 Å². The first-order valence-electron chi connectivity index (χ1n) is 7.94. The molecule has 0 aromatic carbocycles. The minimum Gasteiger partial charge on any atom is -0.356 e. The van der Waals surface area contributed by atoms with Gasteiger partial charge in [-0.25, -0.2) is 9.97 Å². The van der Waals surface area contributed by atoms with E-state index in [2.05, 4.69) is 37.9 Å². The molecule has 0 aliphatic heterocycles. The summed E-state index contributed by atoms with van der Waals surface area (Å²) in [5.74, 6) is 0.864. The van der Waals surface area contributed by atoms with Crippen molar-refractivity contribution in [1.82, 2.24) is 20.6 Å². The summed E-state index contributed by atoms with van der Waals surface area (Å²) in [5.41, 5.74) is 1.13. The van der Waals surface area contributed by atoms with Crippen LogP contribution in [-0.4, -0.2) is 36.1 Å². The molecule has 23 heavy (non-hydrogen) atoms. The maximum absolute atomic E-state index is 4.49. The quantitative estimate of drug-likeness (QED) is 0.436. The molecule has 0 bridgehead atoms. The van der Waals surface area contributed by atoms with Gasteiger partial charge in [-0.3, -0.25) is 4.99 Å². The smallest absolute Gasteiger partial charge is 0.190 e. The fraction of sp³-hybridized carbons (Fsp3) is 0.562. The average molecular weight is 352 g/mol. The maximum atomic E-state index is 4.49. The Balaban J connectivity index is 1.56. The number of aryl methyl sites for hydroxylation is 3. The van der Waals surface area contributed by atoms with E-state index in [0.29, 0.717) is 0 Å². The van der Waals surface area contributed by atoms with Gasteiger partial charge in [-0.05, 0) is 33.1 Å². The number of guanidine groups is 1. The lowest BCUT2D eigenvalue weighted by atomic mass is 10.2. The Morgan fingerprint density at radius 1 is 1.13 bits per heavy atom. The molecule has 0 aliphatic carbocycles. The number of nitrogens with zero attached hydrogens (tertiary/aromatic N) is 3. The SMILES string of the molecule is CN=C(NCCCCc1nc(C)cs1)NCCc1ncc(C)s1. The van der Waals surface area contributed by atoms with Gasteiger partial charge < -0.3 is 10.6 Å². The van der Waals surface area contributed by atoms with E-state index in [1.165, 1.54) is 14.9 Å². The second kappa shape index (κ2) is 9.62. The third kappa shape index (κ3) is 6.66. The highest BCUT2D eigenvalue weighted by Crippen LogP contribution is 2.12. The van der Waals surface area contributed by atoms with Crippen LogP contribution in [0.2, 0.25) is 0 Å². The van der Waals surface area contributed by atoms with Crippen LogP contribution in [0.3, 0.4) is 0 Å². The summed E-state index contributed by atoms with van der Waals surface area (Å²) < 4.78 is 0. The molecule has 0 fully saturated rings. The highest BCUT2D eigenvalue weighted by atomic mass is 32.1. The topological polar surface area (TPSA) is 62.2 Å². The van der Waals surface area contributed by atoms with Crippen molar-refractivity contribution in [3.63, 3.8) is 0 Å². The number of thiazole rings is 2. The van der Waals surface area contributed by atoms with Gasteiger partial charge in [-0.2, -0.15) is 0 Å². The molecule has 0 amide bonds. The van der Waals surface area contributed by atoms with E-state index < -0.39 is 0 Å². The van der Waals surface area contributed by atoms with E-state index in [0.717, 1.165) is 50.4 Å². The molecule has 2 aromatic heterocycles. The number of nitrogens with one attached hydrogen (secondary N) is 2. The van der Waals surface area contributed by atoms with Crippen LogP contribution in [0.5, 0.6) is 0 Å². The zero-order valence-corrected chi connectivity index (χ0v) is 15.7. The number of aliphatic imine (C=N–C) groups is 1. The summed E-state index contributed by atoms with van der Waals surface area (Å²) in [4.78, 5) is 14.4. The lowest BCUT2D eigenvalue weighted by Crippen LogP contribution is -2.38. The van der Waals surface area contributed by atoms with Crippen LogP contribution in [0, 0.1) is 13.8 Å². The third-order valence-electron chi connectivity index (χ3n) is 3.30. The highest BCUT2D eigenvalue weighted by Gasteiger charge is 2.02. The summed E-state index contributed by atoms with van der Waals surface area (Å²) in [7, 11) is 1.81. The fourth-order valence-electron chi connectivity index (χ4n) is 2.15. The van der Waals surface area contributed by atoms with Crippen molar-refractivity contribution in [2.45, 2.75) is 39.5 Å². The summed E-state index contributed by atoms with van der Waals surface area (Å²) in [5, 5.41) is 11.2. The van der Waals surface area contributed by atoms with Gasteiger partial charge in [0.1, 0.15) is 0 Å². The summed E-state index contributed by atoms with van der Waals surface area (Å²) in [6, 6.07) is 0. The van der Waals surface area contributed by atoms with Crippen molar-refractivity contribution in [1.29, 1.82) is 0 Å². The molecule has 0 aliphatic rings. The largest absolute Gasteiger partial charge is 0.356 e. The Labute approximate surface area is 146 Å². The molecule has 2 aromatic rings. The van der Waals surface area contributed by atoms with Crippen molar-refractivity contribution in [2.24, 2.45) is 4.99 Å². The molecule has 2 heterocycles. The molecule has 0 atom stereocenters. The van der Waals surface area contributed by atoms with Crippen molar-refractivity contribution in [2.75, 3.05) is 20.1 Å². The molecule has 0 spiro atoms. The second-order valence-electron chi connectivity index (χ2n) is 5.38. The molecular formula is C16H25N5S2. The zero-order chi connectivity index (χ0) is 16.5. The number of rotatable bonds is 8. The van der Waals surface area contributed by atoms with E-state index in [-0.39, 0.29) is 0 Å². The van der Waals surface area contributed by atoms with Crippen LogP contribution in [-0.2, 0) is 12.8 Å². The molecule has 2 N–H and O–H groups in total. The lowest BCUT2D eigenvalue weighted by Gasteiger charge is -2.11. The summed E-state index contributed by atoms with van der Waals surface area (Å²) >= 11 is 3.51. The van der Waals surface area contributed by atoms with Crippen molar-refractivity contribution >= 4 is 28.6 Å². The minimum absolute atomic E-state index is 0.852. The first-order valence-corrected chi connectivity index (χ1v) is 9.64. The van der Waals surface area contributed by atoms with Crippen LogP contribution in [0.1, 0.15) is 33.4 Å². The third-order valence-corrected chi connectivity index (χ3v) is 5.30. The van der Waals surface area contributed by atoms with Crippen molar-refractivity contribution in [3.05, 3.63) is 32.2 Å². The minimum atomic E-state index is 0.852. The highest BCUT2D eigenvalue weighted by molar-refractivity contribution is 7.11. The lowest BCUT2D eigenvalue weighted by molar-refractivity contribution is 0.691. The Morgan fingerprint density at radius 2 is 1.96 bits per heavy atom. The number of unbranched alkanes of at least 4 members (excludes halogenated alkanes) is 1. The first kappa shape index (κ1) is 17.9. The van der Waals surface area contributed by atoms with Gasteiger partial charge in [-0.1, -0.05) is 0 Å². The normalized spacial score (nSPS) is 11.7. The van der Waals surface area contributed by atoms with E-state index in [9.17, 15) is 0 Å². The molecule has 7 heteroatoms. The second-order valence-corrected chi connectivity index (χ2v) is 7.64. The molecule has 0 saturated carbocycles. The van der Waals surface area contributed by atoms with Gasteiger partial charge in [0.25, 0.3) is 0 Å². The molecule has 0 unspecified atom stereocenters. The Kier molecular flexibility index (Phi) is 7.48. The first-order chi connectivity index (χ1) is 11.2. The van der Waals surface area contributed by atoms with Crippen LogP contribution in [0.4, 0.5) is 0 Å². The molecule has 0 radical (unpaired) electrons. The molecule has 2 rings (SSSR count). The van der Waals surface area contributed by atoms with Gasteiger partial charge >= 0.3 is 0 Å². The van der Waals surface area contributed by atoms with E-state index in [1.54, 1.807) is 29.7 Å². The van der Waals surface area contributed by atoms with Crippen LogP contribution < -0.4 is 10.6 Å². The van der Waals surface area contributed by atoms with Crippen LogP contribution in [0.25, 0.3) is 0 Å². The molecule has 126 valence electrons. The average Bonchev–Trinajstić information content (AvgIpc) is 3.13. The van der Waals surface area contributed by atoms with Gasteiger partial charge in [0.2, 0.25) is 0 Å². The predicted octanol–water partition coefficient (Wildman–Crippen LogP) is 2.95. The number of hydrogen-bond acceptors (Lipinski definition) is 5. The number of hydrogen-bond donors (Lipinski definition) is 2. The van der Waals surface area contributed by atoms with Crippen molar-refractivity contribution in [3.8, 4) is 0 Å². The van der Waals surface area contributed by atoms with Crippen LogP contribution >= 0.6 is 22.7 Å². The van der Waals surface area contributed by atoms with E-state index in [4.69, 9.17) is 0 Å². The van der Waals surface area contributed by atoms with Gasteiger partial charge in [0.15, 0.2) is 5.96 Å². The molecule has 5 nitrogen and oxygen atoms in total. The Morgan fingerprint density at radius 3 is 2.61 bits per heavy atom. The standard InChI is InChI=1S/C16H25N5S2/c1-12-11-22-15(21-12)6-4-5-8-18-16(17-3)19-9-7-14-20-10-13(2)23-14/h10-11H,4-9H2,1-3H3,(H2,17,18,19).